The van der Waals surface area contributed by atoms with Crippen LogP contribution < -0.4 is 15.4 Å². The van der Waals surface area contributed by atoms with E-state index in [-0.39, 0.29) is 36.1 Å². The molecular weight excluding hydrogens is 482 g/mol. The molecule has 38 heavy (non-hydrogen) atoms. The molecule has 0 radical (unpaired) electrons. The molecule has 1 aromatic carbocycles. The Labute approximate surface area is 225 Å². The summed E-state index contributed by atoms with van der Waals surface area (Å²) in [6, 6.07) is 3.85. The number of hydrogen-bond donors (Lipinski definition) is 2. The van der Waals surface area contributed by atoms with Gasteiger partial charge in [0, 0.05) is 42.9 Å². The number of anilines is 1. The number of guanidine groups is 1. The third-order valence-electron chi connectivity index (χ3n) is 8.58. The largest absolute Gasteiger partial charge is 0.491 e. The molecule has 4 aliphatic heterocycles. The maximum atomic E-state index is 13.2. The lowest BCUT2D eigenvalue weighted by molar-refractivity contribution is -0.153. The van der Waals surface area contributed by atoms with Crippen molar-refractivity contribution in [3.05, 3.63) is 23.3 Å². The van der Waals surface area contributed by atoms with E-state index in [0.717, 1.165) is 37.2 Å². The van der Waals surface area contributed by atoms with E-state index < -0.39 is 5.54 Å². The zero-order valence-corrected chi connectivity index (χ0v) is 23.5. The molecule has 1 aromatic rings. The lowest BCUT2D eigenvalue weighted by Crippen LogP contribution is -2.73. The Hall–Kier alpha value is -2.98. The summed E-state index contributed by atoms with van der Waals surface area (Å²) in [5.41, 5.74) is 1.69. The van der Waals surface area contributed by atoms with Gasteiger partial charge in [-0.25, -0.2) is 9.98 Å². The van der Waals surface area contributed by atoms with Crippen molar-refractivity contribution in [2.24, 2.45) is 9.98 Å². The molecule has 206 valence electrons. The van der Waals surface area contributed by atoms with Gasteiger partial charge in [0.2, 0.25) is 11.9 Å². The third-order valence-corrected chi connectivity index (χ3v) is 8.58. The van der Waals surface area contributed by atoms with Crippen LogP contribution in [0, 0.1) is 0 Å². The van der Waals surface area contributed by atoms with Gasteiger partial charge in [-0.1, -0.05) is 6.92 Å². The molecule has 5 rings (SSSR count). The molecule has 2 fully saturated rings. The van der Waals surface area contributed by atoms with Gasteiger partial charge in [0.15, 0.2) is 0 Å². The lowest BCUT2D eigenvalue weighted by atomic mass is 9.88. The predicted octanol–water partition coefficient (Wildman–Crippen LogP) is 2.34. The third kappa shape index (κ3) is 4.58. The van der Waals surface area contributed by atoms with Gasteiger partial charge < -0.3 is 25.2 Å². The minimum absolute atomic E-state index is 0.0373. The number of rotatable bonds is 5. The predicted molar refractivity (Wildman–Crippen MR) is 149 cm³/mol. The molecule has 0 saturated carbocycles. The molecule has 4 heterocycles. The number of likely N-dealkylation sites (tertiary alicyclic amines) is 1. The van der Waals surface area contributed by atoms with E-state index in [1.165, 1.54) is 0 Å². The summed E-state index contributed by atoms with van der Waals surface area (Å²) >= 11 is 0. The number of amides is 2. The Kier molecular flexibility index (Phi) is 7.21. The monoisotopic (exact) mass is 523 g/mol. The van der Waals surface area contributed by atoms with E-state index in [4.69, 9.17) is 9.73 Å². The van der Waals surface area contributed by atoms with Crippen LogP contribution in [-0.4, -0.2) is 102 Å². The van der Waals surface area contributed by atoms with Crippen LogP contribution in [0.15, 0.2) is 22.1 Å². The summed E-state index contributed by atoms with van der Waals surface area (Å²) in [7, 11) is 3.95. The van der Waals surface area contributed by atoms with Crippen molar-refractivity contribution in [2.45, 2.75) is 83.2 Å². The number of piperidine rings is 1. The maximum Gasteiger partial charge on any atom is 0.251 e. The molecule has 10 heteroatoms. The van der Waals surface area contributed by atoms with Gasteiger partial charge in [-0.3, -0.25) is 14.5 Å². The normalized spacial score (nSPS) is 28.1. The highest BCUT2D eigenvalue weighted by molar-refractivity contribution is 6.05. The van der Waals surface area contributed by atoms with E-state index in [1.54, 1.807) is 4.90 Å². The number of piperazine rings is 1. The molecular formula is C28H41N7O3. The number of hydrogen-bond acceptors (Lipinski definition) is 8. The van der Waals surface area contributed by atoms with Gasteiger partial charge in [-0.2, -0.15) is 0 Å². The van der Waals surface area contributed by atoms with Crippen molar-refractivity contribution < 1.29 is 14.3 Å². The summed E-state index contributed by atoms with van der Waals surface area (Å²) in [5.74, 6) is 1.22. The first-order valence-corrected chi connectivity index (χ1v) is 13.9. The zero-order valence-electron chi connectivity index (χ0n) is 23.5. The molecule has 0 aliphatic carbocycles. The number of aliphatic imine (C=N–C) groups is 2. The standard InChI is InChI=1S/C28H41N7O3/c1-7-22-25(37)34(6)28(4)16-29-27(32-26(28)35(22)17(2)3)31-21-9-8-20(19-12-15-38-23(19)21)24(36)30-18-10-13-33(5)14-11-18/h8-9,16-18,22,26H,7,10-15H2,1-6H3,(H,30,36)(H,31,32)/t22-,26?,28?/m1/s1. The molecule has 2 amide bonds. The van der Waals surface area contributed by atoms with Gasteiger partial charge in [0.25, 0.3) is 5.91 Å². The van der Waals surface area contributed by atoms with Gasteiger partial charge in [-0.05, 0) is 72.3 Å². The van der Waals surface area contributed by atoms with E-state index in [2.05, 4.69) is 46.3 Å². The molecule has 3 atom stereocenters. The van der Waals surface area contributed by atoms with E-state index in [0.29, 0.717) is 36.7 Å². The first-order chi connectivity index (χ1) is 18.1. The Bertz CT molecular complexity index is 1160. The summed E-state index contributed by atoms with van der Waals surface area (Å²) in [5, 5.41) is 6.59. The Balaban J connectivity index is 1.39. The van der Waals surface area contributed by atoms with Crippen LogP contribution in [0.3, 0.4) is 0 Å². The van der Waals surface area contributed by atoms with Crippen LogP contribution in [0.2, 0.25) is 0 Å². The molecule has 0 bridgehead atoms. The number of likely N-dealkylation sites (N-methyl/N-ethyl adjacent to an activating group) is 1. The number of ether oxygens (including phenoxy) is 1. The second kappa shape index (κ2) is 10.3. The number of fused-ring (bicyclic) bond motifs is 2. The second-order valence-corrected chi connectivity index (χ2v) is 11.4. The molecule has 10 nitrogen and oxygen atoms in total. The van der Waals surface area contributed by atoms with Crippen LogP contribution in [0.4, 0.5) is 5.69 Å². The van der Waals surface area contributed by atoms with Crippen LogP contribution >= 0.6 is 0 Å². The van der Waals surface area contributed by atoms with Crippen LogP contribution in [0.1, 0.15) is 62.9 Å². The highest BCUT2D eigenvalue weighted by Crippen LogP contribution is 2.38. The van der Waals surface area contributed by atoms with Gasteiger partial charge in [-0.15, -0.1) is 0 Å². The molecule has 0 spiro atoms. The van der Waals surface area contributed by atoms with E-state index in [1.807, 2.05) is 39.2 Å². The van der Waals surface area contributed by atoms with Crippen molar-refractivity contribution in [1.29, 1.82) is 0 Å². The molecule has 2 saturated heterocycles. The van der Waals surface area contributed by atoms with Crippen LogP contribution in [0.25, 0.3) is 0 Å². The van der Waals surface area contributed by atoms with Crippen molar-refractivity contribution in [3.63, 3.8) is 0 Å². The summed E-state index contributed by atoms with van der Waals surface area (Å²) in [4.78, 5) is 42.3. The highest BCUT2D eigenvalue weighted by Gasteiger charge is 2.53. The average Bonchev–Trinajstić information content (AvgIpc) is 3.39. The van der Waals surface area contributed by atoms with Gasteiger partial charge in [0.1, 0.15) is 17.5 Å². The topological polar surface area (TPSA) is 102 Å². The fourth-order valence-electron chi connectivity index (χ4n) is 6.16. The minimum Gasteiger partial charge on any atom is -0.491 e. The number of carbonyl (C=O) groups is 2. The summed E-state index contributed by atoms with van der Waals surface area (Å²) in [6.07, 6.45) is 4.88. The van der Waals surface area contributed by atoms with E-state index in [9.17, 15) is 9.59 Å². The smallest absolute Gasteiger partial charge is 0.251 e. The SMILES string of the molecule is CC[C@@H]1C(=O)N(C)C2(C)C=NC(Nc3ccc(C(=O)NC4CCN(C)CC4)c4c3OCC4)=NC2N1C(C)C. The van der Waals surface area contributed by atoms with Crippen molar-refractivity contribution in [2.75, 3.05) is 39.1 Å². The Morgan fingerprint density at radius 2 is 1.97 bits per heavy atom. The van der Waals surface area contributed by atoms with Crippen molar-refractivity contribution >= 4 is 29.7 Å². The fraction of sp³-hybridized carbons (Fsp3) is 0.643. The molecule has 4 aliphatic rings. The molecule has 2 N–H and O–H groups in total. The number of nitrogens with one attached hydrogen (secondary N) is 2. The van der Waals surface area contributed by atoms with Crippen molar-refractivity contribution in [1.82, 2.24) is 20.0 Å². The summed E-state index contributed by atoms with van der Waals surface area (Å²) in [6.45, 7) is 10.8. The van der Waals surface area contributed by atoms with Gasteiger partial charge in [0.05, 0.1) is 18.3 Å². The Morgan fingerprint density at radius 3 is 2.66 bits per heavy atom. The average molecular weight is 524 g/mol. The van der Waals surface area contributed by atoms with Crippen molar-refractivity contribution in [3.8, 4) is 5.75 Å². The highest BCUT2D eigenvalue weighted by atomic mass is 16.5. The number of nitrogens with zero attached hydrogens (tertiary/aromatic N) is 5. The lowest BCUT2D eigenvalue weighted by Gasteiger charge is -2.55. The fourth-order valence-corrected chi connectivity index (χ4v) is 6.16. The minimum atomic E-state index is -0.646. The van der Waals surface area contributed by atoms with E-state index >= 15 is 0 Å². The number of carbonyl (C=O) groups excluding carboxylic acids is 2. The van der Waals surface area contributed by atoms with Crippen LogP contribution in [0.5, 0.6) is 5.75 Å². The zero-order chi connectivity index (χ0) is 27.2. The molecule has 2 unspecified atom stereocenters. The Morgan fingerprint density at radius 1 is 1.24 bits per heavy atom. The number of benzene rings is 1. The van der Waals surface area contributed by atoms with Gasteiger partial charge >= 0.3 is 0 Å². The summed E-state index contributed by atoms with van der Waals surface area (Å²) < 4.78 is 6.00. The first kappa shape index (κ1) is 26.6. The quantitative estimate of drug-likeness (QED) is 0.615. The second-order valence-electron chi connectivity index (χ2n) is 11.4. The first-order valence-electron chi connectivity index (χ1n) is 13.9. The maximum absolute atomic E-state index is 13.2. The van der Waals surface area contributed by atoms with Crippen LogP contribution in [-0.2, 0) is 11.2 Å². The molecule has 0 aromatic heterocycles.